The molecule has 0 aliphatic carbocycles. The van der Waals surface area contributed by atoms with Crippen LogP contribution in [0.5, 0.6) is 0 Å². The number of carbonyl (C=O) groups excluding carboxylic acids is 2. The number of aliphatic hydroxyl groups excluding tert-OH is 5. The maximum absolute atomic E-state index is 13.5. The molecule has 480 valence electrons. The summed E-state index contributed by atoms with van der Waals surface area (Å²) < 4.78 is 17.7. The summed E-state index contributed by atoms with van der Waals surface area (Å²) in [5.74, 6) is -1.21. The van der Waals surface area contributed by atoms with Crippen molar-refractivity contribution in [1.82, 2.24) is 5.32 Å². The molecule has 8 atom stereocenters. The molecule has 0 spiro atoms. The minimum absolute atomic E-state index is 0.117. The van der Waals surface area contributed by atoms with E-state index < -0.39 is 67.4 Å². The van der Waals surface area contributed by atoms with Crippen LogP contribution in [0.2, 0.25) is 0 Å². The number of aliphatic hydroxyl groups is 5. The van der Waals surface area contributed by atoms with Gasteiger partial charge in [0.2, 0.25) is 5.91 Å². The lowest BCUT2D eigenvalue weighted by Gasteiger charge is -2.41. The molecule has 1 rings (SSSR count). The van der Waals surface area contributed by atoms with Gasteiger partial charge < -0.3 is 45.1 Å². The molecule has 11 nitrogen and oxygen atoms in total. The highest BCUT2D eigenvalue weighted by atomic mass is 16.7. The molecule has 8 unspecified atom stereocenters. The van der Waals surface area contributed by atoms with Gasteiger partial charge in [-0.3, -0.25) is 9.59 Å². The van der Waals surface area contributed by atoms with Crippen LogP contribution in [-0.2, 0) is 23.8 Å². The molecule has 0 aromatic heterocycles. The molecule has 1 amide bonds. The molecule has 6 N–H and O–H groups in total. The monoisotopic (exact) mass is 1170 g/mol. The Morgan fingerprint density at radius 3 is 1.27 bits per heavy atom. The smallest absolute Gasteiger partial charge is 0.306 e. The first-order valence-electron chi connectivity index (χ1n) is 34.4. The number of unbranched alkanes of at least 4 members (excludes halogenated alkanes) is 32. The third-order valence-electron chi connectivity index (χ3n) is 15.8. The molecule has 0 saturated carbocycles. The Bertz CT molecular complexity index is 1670. The molecule has 1 aliphatic heterocycles. The quantitative estimate of drug-likeness (QED) is 0.0195. The Hall–Kier alpha value is -3.16. The molecule has 1 aliphatic rings. The van der Waals surface area contributed by atoms with Crippen LogP contribution in [0.25, 0.3) is 0 Å². The Kier molecular flexibility index (Phi) is 55.5. The summed E-state index contributed by atoms with van der Waals surface area (Å²) in [6.45, 7) is 5.74. The van der Waals surface area contributed by atoms with Crippen molar-refractivity contribution in [2.45, 2.75) is 346 Å². The van der Waals surface area contributed by atoms with E-state index in [1.165, 1.54) is 148 Å². The van der Waals surface area contributed by atoms with Crippen molar-refractivity contribution in [2.75, 3.05) is 13.2 Å². The first-order valence-corrected chi connectivity index (χ1v) is 34.4. The van der Waals surface area contributed by atoms with Gasteiger partial charge >= 0.3 is 5.97 Å². The van der Waals surface area contributed by atoms with E-state index >= 15 is 0 Å². The summed E-state index contributed by atoms with van der Waals surface area (Å²) in [5.41, 5.74) is 0. The van der Waals surface area contributed by atoms with Gasteiger partial charge in [0, 0.05) is 6.42 Å². The van der Waals surface area contributed by atoms with Crippen molar-refractivity contribution in [3.8, 4) is 0 Å². The number of carbonyl (C=O) groups is 2. The van der Waals surface area contributed by atoms with E-state index in [1.54, 1.807) is 6.08 Å². The van der Waals surface area contributed by atoms with Crippen LogP contribution in [-0.4, -0.2) is 99.6 Å². The highest BCUT2D eigenvalue weighted by Crippen LogP contribution is 2.26. The highest BCUT2D eigenvalue weighted by molar-refractivity contribution is 5.80. The van der Waals surface area contributed by atoms with Crippen molar-refractivity contribution in [2.24, 2.45) is 0 Å². The van der Waals surface area contributed by atoms with Crippen LogP contribution in [0.15, 0.2) is 85.1 Å². The molecule has 0 radical (unpaired) electrons. The van der Waals surface area contributed by atoms with Gasteiger partial charge in [-0.1, -0.05) is 273 Å². The zero-order valence-corrected chi connectivity index (χ0v) is 53.3. The number of esters is 1. The number of hydrogen-bond acceptors (Lipinski definition) is 10. The molecule has 0 aromatic rings. The molecular weight excluding hydrogens is 1040 g/mol. The topological polar surface area (TPSA) is 175 Å². The van der Waals surface area contributed by atoms with Gasteiger partial charge in [-0.15, -0.1) is 0 Å². The molecule has 83 heavy (non-hydrogen) atoms. The normalized spacial score (nSPS) is 19.1. The van der Waals surface area contributed by atoms with Crippen LogP contribution in [0.3, 0.4) is 0 Å². The summed E-state index contributed by atoms with van der Waals surface area (Å²) in [6.07, 6.45) is 67.6. The third kappa shape index (κ3) is 46.7. The molecule has 1 fully saturated rings. The van der Waals surface area contributed by atoms with Gasteiger partial charge in [-0.2, -0.15) is 0 Å². The Morgan fingerprint density at radius 2 is 0.831 bits per heavy atom. The Morgan fingerprint density at radius 1 is 0.470 bits per heavy atom. The summed E-state index contributed by atoms with van der Waals surface area (Å²) in [5, 5.41) is 57.1. The van der Waals surface area contributed by atoms with E-state index in [-0.39, 0.29) is 19.4 Å². The first-order chi connectivity index (χ1) is 40.7. The lowest BCUT2D eigenvalue weighted by molar-refractivity contribution is -0.305. The van der Waals surface area contributed by atoms with Gasteiger partial charge in [0.25, 0.3) is 0 Å². The lowest BCUT2D eigenvalue weighted by Crippen LogP contribution is -2.61. The summed E-state index contributed by atoms with van der Waals surface area (Å²) in [4.78, 5) is 26.6. The predicted octanol–water partition coefficient (Wildman–Crippen LogP) is 17.3. The van der Waals surface area contributed by atoms with Gasteiger partial charge in [-0.05, 0) is 103 Å². The number of nitrogens with one attached hydrogen (secondary N) is 1. The van der Waals surface area contributed by atoms with E-state index in [0.717, 1.165) is 103 Å². The second-order valence-electron chi connectivity index (χ2n) is 23.6. The lowest BCUT2D eigenvalue weighted by atomic mass is 9.99. The average Bonchev–Trinajstić information content (AvgIpc) is 3.52. The predicted molar refractivity (Wildman–Crippen MR) is 347 cm³/mol. The molecule has 0 aromatic carbocycles. The van der Waals surface area contributed by atoms with E-state index in [4.69, 9.17) is 14.2 Å². The number of rotatable bonds is 58. The second-order valence-corrected chi connectivity index (χ2v) is 23.6. The molecule has 1 saturated heterocycles. The van der Waals surface area contributed by atoms with Gasteiger partial charge in [0.15, 0.2) is 12.4 Å². The zero-order chi connectivity index (χ0) is 60.3. The molecule has 1 heterocycles. The van der Waals surface area contributed by atoms with Crippen LogP contribution in [0.1, 0.15) is 297 Å². The minimum atomic E-state index is -1.62. The first kappa shape index (κ1) is 77.9. The molecule has 11 heteroatoms. The van der Waals surface area contributed by atoms with Gasteiger partial charge in [0.05, 0.1) is 25.4 Å². The van der Waals surface area contributed by atoms with Gasteiger partial charge in [-0.25, -0.2) is 0 Å². The van der Waals surface area contributed by atoms with Crippen LogP contribution in [0, 0.1) is 0 Å². The van der Waals surface area contributed by atoms with Crippen LogP contribution in [0.4, 0.5) is 0 Å². The zero-order valence-electron chi connectivity index (χ0n) is 53.3. The SMILES string of the molecule is CCCCC/C=C\C/C=C\C/C=C\C/C=C\CCCCCCCCC(O)C(=O)NC(COC1OC(CO)C(O)C(O)C1OC(=O)CCCCCCCCCCCCC/C=C\C/C=C\CCCCC)C(O)/C=C/CCCCCCCCCCC. The Labute approximate surface area is 508 Å². The molecular formula is C72H127NO10. The fourth-order valence-corrected chi connectivity index (χ4v) is 10.3. The van der Waals surface area contributed by atoms with Crippen molar-refractivity contribution in [1.29, 1.82) is 0 Å². The number of ether oxygens (including phenoxy) is 3. The highest BCUT2D eigenvalue weighted by Gasteiger charge is 2.47. The summed E-state index contributed by atoms with van der Waals surface area (Å²) >= 11 is 0. The number of amides is 1. The summed E-state index contributed by atoms with van der Waals surface area (Å²) in [7, 11) is 0. The molecule has 0 bridgehead atoms. The van der Waals surface area contributed by atoms with Gasteiger partial charge in [0.1, 0.15) is 24.4 Å². The average molecular weight is 1170 g/mol. The van der Waals surface area contributed by atoms with Crippen molar-refractivity contribution in [3.63, 3.8) is 0 Å². The maximum Gasteiger partial charge on any atom is 0.306 e. The number of allylic oxidation sites excluding steroid dienone is 13. The van der Waals surface area contributed by atoms with E-state index in [9.17, 15) is 35.1 Å². The van der Waals surface area contributed by atoms with E-state index in [0.29, 0.717) is 12.8 Å². The fraction of sp³-hybridized carbons (Fsp3) is 0.778. The van der Waals surface area contributed by atoms with Crippen LogP contribution >= 0.6 is 0 Å². The number of hydrogen-bond donors (Lipinski definition) is 6. The fourth-order valence-electron chi connectivity index (χ4n) is 10.3. The largest absolute Gasteiger partial charge is 0.454 e. The summed E-state index contributed by atoms with van der Waals surface area (Å²) in [6, 6.07) is -1.03. The van der Waals surface area contributed by atoms with Crippen molar-refractivity contribution >= 4 is 11.9 Å². The van der Waals surface area contributed by atoms with Crippen molar-refractivity contribution < 1.29 is 49.3 Å². The standard InChI is InChI=1S/C72H127NO10/c1-4-7-10-13-16-19-22-24-26-28-30-32-34-35-37-39-41-44-47-50-53-56-59-65(76)71(80)73-63(64(75)58-55-52-49-46-43-21-18-15-12-9-6-3)62-81-72-70(69(79)68(78)66(61-74)82-72)83-67(77)60-57-54-51-48-45-42-40-38-36-33-31-29-27-25-23-20-17-14-11-8-5-2/h16-17,19-20,24-27,30,32,35,37,55,58,63-66,68-70,72,74-76,78-79H,4-15,18,21-23,28-29,31,33-34,36,38-54,56-57,59-62H2,1-3H3,(H,73,80)/b19-16-,20-17-,26-24-,27-25-,32-30-,37-35-,58-55+. The second kappa shape index (κ2) is 59.2. The van der Waals surface area contributed by atoms with Crippen LogP contribution < -0.4 is 5.32 Å². The third-order valence-corrected chi connectivity index (χ3v) is 15.8. The van der Waals surface area contributed by atoms with E-state index in [1.807, 2.05) is 6.08 Å². The Balaban J connectivity index is 2.60. The van der Waals surface area contributed by atoms with E-state index in [2.05, 4.69) is 99.0 Å². The minimum Gasteiger partial charge on any atom is -0.454 e. The maximum atomic E-state index is 13.5. The van der Waals surface area contributed by atoms with Crippen molar-refractivity contribution in [3.05, 3.63) is 85.1 Å².